The number of anilines is 3. The molecule has 2 aromatic heterocycles. The molecule has 0 atom stereocenters. The molecule has 32 heavy (non-hydrogen) atoms. The average Bonchev–Trinajstić information content (AvgIpc) is 3.30. The van der Waals surface area contributed by atoms with E-state index in [0.717, 1.165) is 41.5 Å². The lowest BCUT2D eigenvalue weighted by Gasteiger charge is -2.12. The number of rotatable bonds is 7. The molecule has 0 amide bonds. The fraction of sp³-hybridized carbons (Fsp3) is 0.130. The molecule has 0 aliphatic heterocycles. The third-order valence-corrected chi connectivity index (χ3v) is 5.02. The molecule has 2 heterocycles. The summed E-state index contributed by atoms with van der Waals surface area (Å²) in [6.45, 7) is 2.92. The average molecular weight is 464 g/mol. The quantitative estimate of drug-likeness (QED) is 0.307. The van der Waals surface area contributed by atoms with Crippen LogP contribution in [0.1, 0.15) is 13.3 Å². The fourth-order valence-electron chi connectivity index (χ4n) is 3.04. The minimum Gasteiger partial charge on any atom is -0.354 e. The normalized spacial score (nSPS) is 10.6. The monoisotopic (exact) mass is 463 g/mol. The van der Waals surface area contributed by atoms with Crippen molar-refractivity contribution in [3.8, 4) is 17.2 Å². The Morgan fingerprint density at radius 3 is 2.31 bits per heavy atom. The summed E-state index contributed by atoms with van der Waals surface area (Å²) in [6.07, 6.45) is 6.39. The SMILES string of the molecule is CCCNc1nccc(-n2ccnc2-c2ccc(NC(=S)Nc3ccc(Cl)cc3)cc2)n1. The predicted octanol–water partition coefficient (Wildman–Crippen LogP) is 5.61. The van der Waals surface area contributed by atoms with Crippen LogP contribution in [0, 0.1) is 0 Å². The van der Waals surface area contributed by atoms with Crippen molar-refractivity contribution in [3.63, 3.8) is 0 Å². The lowest BCUT2D eigenvalue weighted by Crippen LogP contribution is -2.18. The number of nitrogens with one attached hydrogen (secondary N) is 3. The largest absolute Gasteiger partial charge is 0.354 e. The molecule has 0 aliphatic carbocycles. The Bertz CT molecular complexity index is 1190. The van der Waals surface area contributed by atoms with Crippen LogP contribution in [-0.4, -0.2) is 31.2 Å². The summed E-state index contributed by atoms with van der Waals surface area (Å²) in [5.41, 5.74) is 2.69. The van der Waals surface area contributed by atoms with Crippen LogP contribution in [0.5, 0.6) is 0 Å². The standard InChI is InChI=1S/C23H22ClN7S/c1-2-12-26-22-27-13-11-20(30-22)31-15-14-25-21(31)16-3-7-18(8-4-16)28-23(32)29-19-9-5-17(24)6-10-19/h3-11,13-15H,2,12H2,1H3,(H,26,27,30)(H2,28,29,32). The number of aromatic nitrogens is 4. The van der Waals surface area contributed by atoms with Gasteiger partial charge in [0, 0.05) is 47.1 Å². The summed E-state index contributed by atoms with van der Waals surface area (Å²) < 4.78 is 1.94. The van der Waals surface area contributed by atoms with Crippen molar-refractivity contribution in [2.45, 2.75) is 13.3 Å². The first-order valence-corrected chi connectivity index (χ1v) is 11.0. The fourth-order valence-corrected chi connectivity index (χ4v) is 3.40. The molecule has 4 rings (SSSR count). The molecule has 3 N–H and O–H groups in total. The van der Waals surface area contributed by atoms with Crippen LogP contribution >= 0.6 is 23.8 Å². The second kappa shape index (κ2) is 10.2. The molecule has 4 aromatic rings. The van der Waals surface area contributed by atoms with Gasteiger partial charge in [0.25, 0.3) is 0 Å². The van der Waals surface area contributed by atoms with Gasteiger partial charge in [0.05, 0.1) is 0 Å². The summed E-state index contributed by atoms with van der Waals surface area (Å²) >= 11 is 11.3. The van der Waals surface area contributed by atoms with Gasteiger partial charge in [0.15, 0.2) is 5.11 Å². The first kappa shape index (κ1) is 21.7. The highest BCUT2D eigenvalue weighted by atomic mass is 35.5. The zero-order valence-corrected chi connectivity index (χ0v) is 19.0. The Hall–Kier alpha value is -3.49. The Balaban J connectivity index is 1.46. The molecular weight excluding hydrogens is 442 g/mol. The van der Waals surface area contributed by atoms with Crippen LogP contribution in [0.2, 0.25) is 5.02 Å². The maximum atomic E-state index is 5.92. The summed E-state index contributed by atoms with van der Waals surface area (Å²) in [7, 11) is 0. The van der Waals surface area contributed by atoms with Crippen LogP contribution in [0.3, 0.4) is 0 Å². The summed E-state index contributed by atoms with van der Waals surface area (Å²) in [5, 5.41) is 10.7. The van der Waals surface area contributed by atoms with Crippen molar-refractivity contribution in [1.29, 1.82) is 0 Å². The Morgan fingerprint density at radius 2 is 1.62 bits per heavy atom. The first-order valence-electron chi connectivity index (χ1n) is 10.2. The third-order valence-electron chi connectivity index (χ3n) is 4.56. The number of benzene rings is 2. The first-order chi connectivity index (χ1) is 15.6. The molecule has 0 radical (unpaired) electrons. The van der Waals surface area contributed by atoms with Crippen molar-refractivity contribution in [2.24, 2.45) is 0 Å². The minimum absolute atomic E-state index is 0.495. The second-order valence-electron chi connectivity index (χ2n) is 6.95. The Labute approximate surface area is 196 Å². The molecule has 7 nitrogen and oxygen atoms in total. The second-order valence-corrected chi connectivity index (χ2v) is 7.79. The van der Waals surface area contributed by atoms with E-state index in [4.69, 9.17) is 23.8 Å². The maximum Gasteiger partial charge on any atom is 0.224 e. The van der Waals surface area contributed by atoms with Crippen molar-refractivity contribution in [2.75, 3.05) is 22.5 Å². The van der Waals surface area contributed by atoms with E-state index >= 15 is 0 Å². The van der Waals surface area contributed by atoms with Gasteiger partial charge < -0.3 is 16.0 Å². The van der Waals surface area contributed by atoms with Crippen LogP contribution in [0.25, 0.3) is 17.2 Å². The van der Waals surface area contributed by atoms with Gasteiger partial charge in [-0.1, -0.05) is 18.5 Å². The third kappa shape index (κ3) is 5.40. The number of hydrogen-bond donors (Lipinski definition) is 3. The van der Waals surface area contributed by atoms with E-state index < -0.39 is 0 Å². The minimum atomic E-state index is 0.495. The van der Waals surface area contributed by atoms with E-state index in [9.17, 15) is 0 Å². The van der Waals surface area contributed by atoms with Gasteiger partial charge in [-0.25, -0.2) is 9.97 Å². The van der Waals surface area contributed by atoms with Crippen molar-refractivity contribution in [3.05, 3.63) is 78.2 Å². The van der Waals surface area contributed by atoms with Gasteiger partial charge in [0.1, 0.15) is 11.6 Å². The molecule has 0 aliphatic rings. The smallest absolute Gasteiger partial charge is 0.224 e. The van der Waals surface area contributed by atoms with Gasteiger partial charge in [-0.05, 0) is 73.2 Å². The number of nitrogens with zero attached hydrogens (tertiary/aromatic N) is 4. The molecule has 0 spiro atoms. The Kier molecular flexibility index (Phi) is 6.94. The molecular formula is C23H22ClN7S. The number of hydrogen-bond acceptors (Lipinski definition) is 5. The molecule has 0 saturated carbocycles. The molecule has 2 aromatic carbocycles. The topological polar surface area (TPSA) is 79.7 Å². The lowest BCUT2D eigenvalue weighted by atomic mass is 10.2. The zero-order chi connectivity index (χ0) is 22.3. The zero-order valence-electron chi connectivity index (χ0n) is 17.4. The molecule has 0 fully saturated rings. The highest BCUT2D eigenvalue weighted by Gasteiger charge is 2.10. The molecule has 162 valence electrons. The lowest BCUT2D eigenvalue weighted by molar-refractivity contribution is 0.930. The van der Waals surface area contributed by atoms with Crippen molar-refractivity contribution >= 4 is 46.3 Å². The maximum absolute atomic E-state index is 5.92. The number of thiocarbonyl (C=S) groups is 1. The van der Waals surface area contributed by atoms with Crippen LogP contribution < -0.4 is 16.0 Å². The molecule has 9 heteroatoms. The van der Waals surface area contributed by atoms with E-state index in [1.54, 1.807) is 12.4 Å². The van der Waals surface area contributed by atoms with Gasteiger partial charge in [-0.3, -0.25) is 4.57 Å². The van der Waals surface area contributed by atoms with Crippen LogP contribution in [0.15, 0.2) is 73.2 Å². The van der Waals surface area contributed by atoms with Gasteiger partial charge in [-0.15, -0.1) is 0 Å². The number of imidazole rings is 1. The summed E-state index contributed by atoms with van der Waals surface area (Å²) in [6, 6.07) is 17.1. The summed E-state index contributed by atoms with van der Waals surface area (Å²) in [4.78, 5) is 13.4. The van der Waals surface area contributed by atoms with Gasteiger partial charge >= 0.3 is 0 Å². The highest BCUT2D eigenvalue weighted by molar-refractivity contribution is 7.80. The van der Waals surface area contributed by atoms with Crippen molar-refractivity contribution < 1.29 is 0 Å². The molecule has 0 saturated heterocycles. The van der Waals surface area contributed by atoms with Gasteiger partial charge in [-0.2, -0.15) is 4.98 Å². The molecule has 0 unspecified atom stereocenters. The van der Waals surface area contributed by atoms with E-state index in [-0.39, 0.29) is 0 Å². The van der Waals surface area contributed by atoms with Crippen LogP contribution in [-0.2, 0) is 0 Å². The Morgan fingerprint density at radius 1 is 0.938 bits per heavy atom. The van der Waals surface area contributed by atoms with Crippen LogP contribution in [0.4, 0.5) is 17.3 Å². The highest BCUT2D eigenvalue weighted by Crippen LogP contribution is 2.23. The van der Waals surface area contributed by atoms with Gasteiger partial charge in [0.2, 0.25) is 5.95 Å². The number of halogens is 1. The molecule has 0 bridgehead atoms. The van der Waals surface area contributed by atoms with E-state index in [1.807, 2.05) is 65.4 Å². The van der Waals surface area contributed by atoms with E-state index in [1.165, 1.54) is 0 Å². The van der Waals surface area contributed by atoms with E-state index in [0.29, 0.717) is 16.1 Å². The predicted molar refractivity (Wildman–Crippen MR) is 135 cm³/mol. The van der Waals surface area contributed by atoms with Crippen molar-refractivity contribution in [1.82, 2.24) is 19.5 Å². The van der Waals surface area contributed by atoms with E-state index in [2.05, 4.69) is 37.8 Å². The summed E-state index contributed by atoms with van der Waals surface area (Å²) in [5.74, 6) is 2.14.